The molecule has 0 saturated carbocycles. The summed E-state index contributed by atoms with van der Waals surface area (Å²) in [5.41, 5.74) is 3.28. The van der Waals surface area contributed by atoms with Crippen molar-refractivity contribution in [1.82, 2.24) is 4.98 Å². The van der Waals surface area contributed by atoms with E-state index < -0.39 is 11.8 Å². The Morgan fingerprint density at radius 3 is 2.02 bits per heavy atom. The number of nitrogens with zero attached hydrogens (tertiary/aromatic N) is 2. The molecule has 4 aromatic rings. The number of pyridine rings is 1. The largest absolute Gasteiger partial charge is 0.497 e. The zero-order valence-corrected chi connectivity index (χ0v) is 25.1. The molecule has 0 atom stereocenters. The van der Waals surface area contributed by atoms with Gasteiger partial charge in [-0.3, -0.25) is 0 Å². The minimum absolute atomic E-state index is 0.0782. The number of aryl methyl sites for hydroxylation is 1. The monoisotopic (exact) mass is 642 g/mol. The van der Waals surface area contributed by atoms with Gasteiger partial charge in [0.25, 0.3) is 0 Å². The van der Waals surface area contributed by atoms with Crippen molar-refractivity contribution in [2.24, 2.45) is 0 Å². The summed E-state index contributed by atoms with van der Waals surface area (Å²) in [7, 11) is 3.24. The second-order valence-electron chi connectivity index (χ2n) is 9.31. The Morgan fingerprint density at radius 2 is 1.51 bits per heavy atom. The number of ether oxygens (including phenoxy) is 3. The second-order valence-corrected chi connectivity index (χ2v) is 10.5. The molecule has 0 aliphatic rings. The summed E-state index contributed by atoms with van der Waals surface area (Å²) >= 11 is 9.93. The molecule has 7 nitrogen and oxygen atoms in total. The molecule has 1 aromatic heterocycles. The second kappa shape index (κ2) is 13.8. The molecular weight excluding hydrogens is 615 g/mol. The molecular formula is C31H29BrClFN2O5. The van der Waals surface area contributed by atoms with Crippen LogP contribution in [0.15, 0.2) is 71.2 Å². The molecule has 0 spiro atoms. The van der Waals surface area contributed by atoms with Gasteiger partial charge in [0.05, 0.1) is 31.9 Å². The Kier molecular flexibility index (Phi) is 10.2. The smallest absolute Gasteiger partial charge is 0.339 e. The van der Waals surface area contributed by atoms with Gasteiger partial charge >= 0.3 is 5.97 Å². The summed E-state index contributed by atoms with van der Waals surface area (Å²) in [6, 6.07) is 20.0. The van der Waals surface area contributed by atoms with Gasteiger partial charge in [-0.2, -0.15) is 0 Å². The van der Waals surface area contributed by atoms with Crippen LogP contribution < -0.4 is 14.4 Å². The van der Waals surface area contributed by atoms with E-state index in [1.54, 1.807) is 21.1 Å². The van der Waals surface area contributed by atoms with Gasteiger partial charge in [-0.25, -0.2) is 14.2 Å². The zero-order chi connectivity index (χ0) is 29.5. The average Bonchev–Trinajstić information content (AvgIpc) is 2.96. The van der Waals surface area contributed by atoms with Crippen LogP contribution in [-0.4, -0.2) is 30.3 Å². The number of anilines is 1. The summed E-state index contributed by atoms with van der Waals surface area (Å²) in [4.78, 5) is 18.5. The van der Waals surface area contributed by atoms with Gasteiger partial charge in [-0.05, 0) is 81.5 Å². The maximum atomic E-state index is 14.3. The van der Waals surface area contributed by atoms with Crippen LogP contribution in [0.5, 0.6) is 11.5 Å². The highest BCUT2D eigenvalue weighted by Gasteiger charge is 2.20. The van der Waals surface area contributed by atoms with Crippen molar-refractivity contribution < 1.29 is 28.5 Å². The van der Waals surface area contributed by atoms with Crippen LogP contribution in [0.3, 0.4) is 0 Å². The first-order valence-electron chi connectivity index (χ1n) is 12.6. The van der Waals surface area contributed by atoms with Crippen molar-refractivity contribution in [3.05, 3.63) is 116 Å². The maximum Gasteiger partial charge on any atom is 0.339 e. The summed E-state index contributed by atoms with van der Waals surface area (Å²) < 4.78 is 31.5. The molecule has 0 fully saturated rings. The van der Waals surface area contributed by atoms with E-state index in [1.807, 2.05) is 54.6 Å². The van der Waals surface area contributed by atoms with Crippen LogP contribution in [0.1, 0.15) is 38.2 Å². The highest BCUT2D eigenvalue weighted by molar-refractivity contribution is 9.10. The van der Waals surface area contributed by atoms with Crippen molar-refractivity contribution in [3.63, 3.8) is 0 Å². The fraction of sp³-hybridized carbons (Fsp3) is 0.226. The third-order valence-electron chi connectivity index (χ3n) is 6.57. The summed E-state index contributed by atoms with van der Waals surface area (Å²) in [6.07, 6.45) is 0. The van der Waals surface area contributed by atoms with Gasteiger partial charge in [0.15, 0.2) is 0 Å². The molecule has 0 unspecified atom stereocenters. The highest BCUT2D eigenvalue weighted by Crippen LogP contribution is 2.32. The number of halogens is 3. The van der Waals surface area contributed by atoms with Crippen molar-refractivity contribution >= 4 is 39.3 Å². The maximum absolute atomic E-state index is 14.3. The summed E-state index contributed by atoms with van der Waals surface area (Å²) in [6.45, 7) is 2.71. The zero-order valence-electron chi connectivity index (χ0n) is 22.8. The summed E-state index contributed by atoms with van der Waals surface area (Å²) in [5, 5.41) is 9.85. The Balaban J connectivity index is 1.67. The number of hydrogen-bond donors (Lipinski definition) is 1. The number of carboxylic acid groups (broad SMARTS) is 1. The van der Waals surface area contributed by atoms with Gasteiger partial charge in [0.1, 0.15) is 33.9 Å². The van der Waals surface area contributed by atoms with E-state index in [9.17, 15) is 14.3 Å². The van der Waals surface area contributed by atoms with Gasteiger partial charge < -0.3 is 24.2 Å². The number of hydrogen-bond acceptors (Lipinski definition) is 6. The molecule has 0 amide bonds. The molecule has 0 saturated heterocycles. The number of aromatic nitrogens is 1. The molecule has 3 aromatic carbocycles. The predicted molar refractivity (Wildman–Crippen MR) is 159 cm³/mol. The number of carbonyl (C=O) groups is 1. The van der Waals surface area contributed by atoms with E-state index in [-0.39, 0.29) is 29.5 Å². The Labute approximate surface area is 251 Å². The van der Waals surface area contributed by atoms with Crippen LogP contribution >= 0.6 is 27.5 Å². The molecule has 1 heterocycles. The molecule has 10 heteroatoms. The Morgan fingerprint density at radius 1 is 0.951 bits per heavy atom. The lowest BCUT2D eigenvalue weighted by Crippen LogP contribution is -2.25. The number of aromatic carboxylic acids is 1. The van der Waals surface area contributed by atoms with Crippen LogP contribution in [-0.2, 0) is 31.0 Å². The van der Waals surface area contributed by atoms with E-state index in [0.29, 0.717) is 34.5 Å². The number of benzene rings is 3. The van der Waals surface area contributed by atoms with Crippen molar-refractivity contribution in [2.75, 3.05) is 19.1 Å². The minimum atomic E-state index is -1.34. The third kappa shape index (κ3) is 7.55. The molecule has 0 radical (unpaired) electrons. The minimum Gasteiger partial charge on any atom is -0.497 e. The lowest BCUT2D eigenvalue weighted by atomic mass is 10.0. The van der Waals surface area contributed by atoms with E-state index in [0.717, 1.165) is 28.7 Å². The third-order valence-corrected chi connectivity index (χ3v) is 7.69. The van der Waals surface area contributed by atoms with E-state index in [2.05, 4.69) is 20.8 Å². The number of carboxylic acids is 1. The predicted octanol–water partition coefficient (Wildman–Crippen LogP) is 7.58. The fourth-order valence-corrected chi connectivity index (χ4v) is 4.89. The molecule has 0 aliphatic heterocycles. The van der Waals surface area contributed by atoms with Crippen LogP contribution in [0.25, 0.3) is 0 Å². The van der Waals surface area contributed by atoms with Gasteiger partial charge in [0, 0.05) is 18.7 Å². The van der Waals surface area contributed by atoms with Crippen molar-refractivity contribution in [2.45, 2.75) is 33.2 Å². The Hall–Kier alpha value is -3.66. The molecule has 41 heavy (non-hydrogen) atoms. The normalized spacial score (nSPS) is 10.9. The van der Waals surface area contributed by atoms with Crippen molar-refractivity contribution in [1.29, 1.82) is 0 Å². The van der Waals surface area contributed by atoms with Crippen LogP contribution in [0, 0.1) is 12.7 Å². The van der Waals surface area contributed by atoms with Crippen LogP contribution in [0.2, 0.25) is 5.15 Å². The van der Waals surface area contributed by atoms with E-state index in [4.69, 9.17) is 30.8 Å². The average molecular weight is 644 g/mol. The van der Waals surface area contributed by atoms with Gasteiger partial charge in [-0.15, -0.1) is 0 Å². The Bertz CT molecular complexity index is 1470. The topological polar surface area (TPSA) is 81.1 Å². The van der Waals surface area contributed by atoms with Gasteiger partial charge in [0.2, 0.25) is 0 Å². The molecule has 1 N–H and O–H groups in total. The first-order valence-corrected chi connectivity index (χ1v) is 13.8. The van der Waals surface area contributed by atoms with E-state index >= 15 is 0 Å². The standard InChI is InChI=1S/C31H29BrClFN2O5/c1-19-4-13-27(34)28(31(37)38)25(19)18-41-17-22-14-26(32)29(33)35-30(22)36(15-20-5-9-23(39-2)10-6-20)16-21-7-11-24(40-3)12-8-21/h4-14H,15-18H2,1-3H3,(H,37,38). The summed E-state index contributed by atoms with van der Waals surface area (Å²) in [5.74, 6) is -0.0419. The van der Waals surface area contributed by atoms with E-state index in [1.165, 1.54) is 6.07 Å². The number of methoxy groups -OCH3 is 2. The lowest BCUT2D eigenvalue weighted by molar-refractivity contribution is 0.0677. The SMILES string of the molecule is COc1ccc(CN(Cc2ccc(OC)cc2)c2nc(Cl)c(Br)cc2COCc2c(C)ccc(F)c2C(=O)O)cc1. The van der Waals surface area contributed by atoms with Crippen LogP contribution in [0.4, 0.5) is 10.2 Å². The first kappa shape index (κ1) is 30.3. The lowest BCUT2D eigenvalue weighted by Gasteiger charge is -2.27. The first-order chi connectivity index (χ1) is 19.7. The molecule has 0 bridgehead atoms. The van der Waals surface area contributed by atoms with Crippen molar-refractivity contribution in [3.8, 4) is 11.5 Å². The highest BCUT2D eigenvalue weighted by atomic mass is 79.9. The fourth-order valence-electron chi connectivity index (χ4n) is 4.39. The molecule has 4 rings (SSSR count). The van der Waals surface area contributed by atoms with Gasteiger partial charge in [-0.1, -0.05) is 41.9 Å². The molecule has 0 aliphatic carbocycles. The number of rotatable bonds is 12. The quantitative estimate of drug-likeness (QED) is 0.159. The molecule has 214 valence electrons.